The van der Waals surface area contributed by atoms with Crippen molar-refractivity contribution in [3.63, 3.8) is 0 Å². The standard InChI is InChI=1S/C15H28N2O2/c1-11(2)15(7-8-16-10-15)14(19)17-9-12-3-5-13(18)6-4-12/h11-13,16,18H,3-10H2,1-2H3,(H,17,19). The van der Waals surface area contributed by atoms with E-state index in [4.69, 9.17) is 0 Å². The predicted molar refractivity (Wildman–Crippen MR) is 75.7 cm³/mol. The molecule has 1 amide bonds. The first-order valence-electron chi connectivity index (χ1n) is 7.71. The van der Waals surface area contributed by atoms with E-state index >= 15 is 0 Å². The van der Waals surface area contributed by atoms with Gasteiger partial charge in [-0.1, -0.05) is 13.8 Å². The number of amides is 1. The fourth-order valence-electron chi connectivity index (χ4n) is 3.42. The number of rotatable bonds is 4. The zero-order valence-electron chi connectivity index (χ0n) is 12.2. The molecule has 1 unspecified atom stereocenters. The number of aliphatic hydroxyl groups excluding tert-OH is 1. The second-order valence-corrected chi connectivity index (χ2v) is 6.62. The van der Waals surface area contributed by atoms with Gasteiger partial charge in [0, 0.05) is 13.1 Å². The third kappa shape index (κ3) is 3.29. The van der Waals surface area contributed by atoms with Crippen LogP contribution in [-0.2, 0) is 4.79 Å². The van der Waals surface area contributed by atoms with Gasteiger partial charge in [0.05, 0.1) is 11.5 Å². The van der Waals surface area contributed by atoms with Crippen LogP contribution in [0.3, 0.4) is 0 Å². The Morgan fingerprint density at radius 2 is 2.05 bits per heavy atom. The minimum Gasteiger partial charge on any atom is -0.393 e. The third-order valence-corrected chi connectivity index (χ3v) is 5.11. The van der Waals surface area contributed by atoms with Crippen LogP contribution in [0.4, 0.5) is 0 Å². The van der Waals surface area contributed by atoms with Crippen molar-refractivity contribution in [3.8, 4) is 0 Å². The molecule has 2 aliphatic rings. The lowest BCUT2D eigenvalue weighted by Gasteiger charge is -2.32. The summed E-state index contributed by atoms with van der Waals surface area (Å²) in [5.74, 6) is 1.14. The van der Waals surface area contributed by atoms with Crippen LogP contribution in [0.5, 0.6) is 0 Å². The molecule has 0 aromatic heterocycles. The van der Waals surface area contributed by atoms with Crippen LogP contribution in [-0.4, -0.2) is 36.8 Å². The molecule has 1 saturated heterocycles. The van der Waals surface area contributed by atoms with Gasteiger partial charge in [-0.15, -0.1) is 0 Å². The Morgan fingerprint density at radius 3 is 2.58 bits per heavy atom. The molecule has 2 rings (SSSR count). The summed E-state index contributed by atoms with van der Waals surface area (Å²) in [5, 5.41) is 16.0. The summed E-state index contributed by atoms with van der Waals surface area (Å²) in [6.45, 7) is 6.81. The lowest BCUT2D eigenvalue weighted by atomic mass is 9.75. The summed E-state index contributed by atoms with van der Waals surface area (Å²) < 4.78 is 0. The minimum absolute atomic E-state index is 0.118. The molecule has 4 nitrogen and oxygen atoms in total. The fraction of sp³-hybridized carbons (Fsp3) is 0.933. The molecule has 3 N–H and O–H groups in total. The molecule has 1 atom stereocenters. The highest BCUT2D eigenvalue weighted by atomic mass is 16.3. The highest BCUT2D eigenvalue weighted by Gasteiger charge is 2.43. The first kappa shape index (κ1) is 14.8. The second kappa shape index (κ2) is 6.23. The third-order valence-electron chi connectivity index (χ3n) is 5.11. The van der Waals surface area contributed by atoms with Crippen LogP contribution in [0.25, 0.3) is 0 Å². The first-order chi connectivity index (χ1) is 9.04. The molecule has 1 heterocycles. The molecule has 19 heavy (non-hydrogen) atoms. The van der Waals surface area contributed by atoms with Crippen molar-refractivity contribution in [2.45, 2.75) is 52.1 Å². The van der Waals surface area contributed by atoms with Crippen molar-refractivity contribution in [1.29, 1.82) is 0 Å². The summed E-state index contributed by atoms with van der Waals surface area (Å²) in [5.41, 5.74) is -0.214. The van der Waals surface area contributed by atoms with Crippen LogP contribution in [0.15, 0.2) is 0 Å². The van der Waals surface area contributed by atoms with E-state index in [1.165, 1.54) is 0 Å². The van der Waals surface area contributed by atoms with Gasteiger partial charge < -0.3 is 15.7 Å². The number of carbonyl (C=O) groups excluding carboxylic acids is 1. The molecule has 0 bridgehead atoms. The van der Waals surface area contributed by atoms with Crippen molar-refractivity contribution in [3.05, 3.63) is 0 Å². The maximum atomic E-state index is 12.5. The highest BCUT2D eigenvalue weighted by molar-refractivity contribution is 5.83. The SMILES string of the molecule is CC(C)C1(C(=O)NCC2CCC(O)CC2)CCNC1. The van der Waals surface area contributed by atoms with E-state index in [9.17, 15) is 9.90 Å². The zero-order valence-corrected chi connectivity index (χ0v) is 12.2. The quantitative estimate of drug-likeness (QED) is 0.720. The summed E-state index contributed by atoms with van der Waals surface area (Å²) in [6, 6.07) is 0. The second-order valence-electron chi connectivity index (χ2n) is 6.62. The van der Waals surface area contributed by atoms with E-state index in [-0.39, 0.29) is 17.4 Å². The van der Waals surface area contributed by atoms with Gasteiger partial charge in [-0.25, -0.2) is 0 Å². The Bertz CT molecular complexity index is 303. The first-order valence-corrected chi connectivity index (χ1v) is 7.71. The van der Waals surface area contributed by atoms with Gasteiger partial charge in [-0.05, 0) is 50.5 Å². The molecule has 2 fully saturated rings. The van der Waals surface area contributed by atoms with Gasteiger partial charge in [-0.2, -0.15) is 0 Å². The van der Waals surface area contributed by atoms with E-state index in [0.717, 1.165) is 51.7 Å². The van der Waals surface area contributed by atoms with E-state index in [0.29, 0.717) is 11.8 Å². The van der Waals surface area contributed by atoms with E-state index in [1.807, 2.05) is 0 Å². The molecular formula is C15H28N2O2. The summed E-state index contributed by atoms with van der Waals surface area (Å²) >= 11 is 0. The largest absolute Gasteiger partial charge is 0.393 e. The Labute approximate surface area is 116 Å². The lowest BCUT2D eigenvalue weighted by Crippen LogP contribution is -2.47. The van der Waals surface area contributed by atoms with Crippen LogP contribution in [0.1, 0.15) is 46.0 Å². The summed E-state index contributed by atoms with van der Waals surface area (Å²) in [7, 11) is 0. The van der Waals surface area contributed by atoms with Crippen molar-refractivity contribution in [2.24, 2.45) is 17.3 Å². The average molecular weight is 268 g/mol. The minimum atomic E-state index is -0.214. The maximum absolute atomic E-state index is 12.5. The van der Waals surface area contributed by atoms with Gasteiger partial charge >= 0.3 is 0 Å². The van der Waals surface area contributed by atoms with Gasteiger partial charge in [0.2, 0.25) is 5.91 Å². The average Bonchev–Trinajstić information content (AvgIpc) is 2.88. The van der Waals surface area contributed by atoms with Gasteiger partial charge in [-0.3, -0.25) is 4.79 Å². The molecule has 1 saturated carbocycles. The summed E-state index contributed by atoms with van der Waals surface area (Å²) in [6.07, 6.45) is 4.67. The molecule has 1 aliphatic carbocycles. The molecule has 4 heteroatoms. The Balaban J connectivity index is 1.83. The van der Waals surface area contributed by atoms with Gasteiger partial charge in [0.1, 0.15) is 0 Å². The van der Waals surface area contributed by atoms with Crippen LogP contribution in [0.2, 0.25) is 0 Å². The van der Waals surface area contributed by atoms with Crippen molar-refractivity contribution in [1.82, 2.24) is 10.6 Å². The normalized spacial score (nSPS) is 35.6. The monoisotopic (exact) mass is 268 g/mol. The maximum Gasteiger partial charge on any atom is 0.227 e. The molecular weight excluding hydrogens is 240 g/mol. The fourth-order valence-corrected chi connectivity index (χ4v) is 3.42. The lowest BCUT2D eigenvalue weighted by molar-refractivity contribution is -0.132. The van der Waals surface area contributed by atoms with Crippen molar-refractivity contribution < 1.29 is 9.90 Å². The number of aliphatic hydroxyl groups is 1. The Kier molecular flexibility index (Phi) is 4.85. The molecule has 0 aromatic carbocycles. The number of carbonyl (C=O) groups is 1. The highest BCUT2D eigenvalue weighted by Crippen LogP contribution is 2.34. The van der Waals surface area contributed by atoms with Crippen molar-refractivity contribution >= 4 is 5.91 Å². The molecule has 110 valence electrons. The van der Waals surface area contributed by atoms with Crippen LogP contribution in [0, 0.1) is 17.3 Å². The van der Waals surface area contributed by atoms with E-state index in [1.54, 1.807) is 0 Å². The van der Waals surface area contributed by atoms with Crippen LogP contribution < -0.4 is 10.6 Å². The van der Waals surface area contributed by atoms with E-state index < -0.39 is 0 Å². The Morgan fingerprint density at radius 1 is 1.37 bits per heavy atom. The molecule has 0 spiro atoms. The number of hydrogen-bond donors (Lipinski definition) is 3. The Hall–Kier alpha value is -0.610. The van der Waals surface area contributed by atoms with Gasteiger partial charge in [0.25, 0.3) is 0 Å². The number of nitrogens with one attached hydrogen (secondary N) is 2. The topological polar surface area (TPSA) is 61.4 Å². The predicted octanol–water partition coefficient (Wildman–Crippen LogP) is 1.29. The van der Waals surface area contributed by atoms with Gasteiger partial charge in [0.15, 0.2) is 0 Å². The molecule has 0 aromatic rings. The zero-order chi connectivity index (χ0) is 13.9. The number of hydrogen-bond acceptors (Lipinski definition) is 3. The van der Waals surface area contributed by atoms with Crippen LogP contribution >= 0.6 is 0 Å². The smallest absolute Gasteiger partial charge is 0.227 e. The molecule has 1 aliphatic heterocycles. The van der Waals surface area contributed by atoms with E-state index in [2.05, 4.69) is 24.5 Å². The van der Waals surface area contributed by atoms with Crippen molar-refractivity contribution in [2.75, 3.05) is 19.6 Å². The summed E-state index contributed by atoms with van der Waals surface area (Å²) in [4.78, 5) is 12.5. The molecule has 0 radical (unpaired) electrons.